The predicted octanol–water partition coefficient (Wildman–Crippen LogP) is 1.64. The van der Waals surface area contributed by atoms with Gasteiger partial charge in [0, 0.05) is 4.88 Å². The molecule has 0 aliphatic rings. The maximum atomic E-state index is 10.7. The van der Waals surface area contributed by atoms with Gasteiger partial charge in [-0.3, -0.25) is 4.79 Å². The number of primary amides is 1. The summed E-state index contributed by atoms with van der Waals surface area (Å²) in [7, 11) is 0. The smallest absolute Gasteiger partial charge is 0.265 e. The highest BCUT2D eigenvalue weighted by atomic mass is 32.1. The van der Waals surface area contributed by atoms with E-state index in [9.17, 15) is 4.79 Å². The molecule has 0 bridgehead atoms. The number of nitrogens with two attached hydrogens (primary N) is 1. The summed E-state index contributed by atoms with van der Waals surface area (Å²) in [6.45, 7) is 2.03. The first-order valence-electron chi connectivity index (χ1n) is 3.56. The largest absolute Gasteiger partial charge is 0.364 e. The van der Waals surface area contributed by atoms with Crippen molar-refractivity contribution in [3.05, 3.63) is 22.7 Å². The van der Waals surface area contributed by atoms with E-state index < -0.39 is 5.91 Å². The average Bonchev–Trinajstić information content (AvgIpc) is 2.42. The van der Waals surface area contributed by atoms with E-state index >= 15 is 0 Å². The molecule has 0 aliphatic carbocycles. The Morgan fingerprint density at radius 2 is 2.33 bits per heavy atom. The Hall–Kier alpha value is -1.29. The Kier molecular flexibility index (Phi) is 1.44. The number of aryl methyl sites for hydroxylation is 1. The number of aromatic nitrogens is 1. The van der Waals surface area contributed by atoms with Gasteiger partial charge in [0.25, 0.3) is 5.91 Å². The fourth-order valence-electron chi connectivity index (χ4n) is 1.18. The zero-order valence-electron chi connectivity index (χ0n) is 6.55. The molecule has 2 heterocycles. The van der Waals surface area contributed by atoms with E-state index in [1.54, 1.807) is 17.4 Å². The summed E-state index contributed by atoms with van der Waals surface area (Å²) in [6, 6.07) is 3.79. The van der Waals surface area contributed by atoms with Gasteiger partial charge in [-0.2, -0.15) is 0 Å². The van der Waals surface area contributed by atoms with E-state index in [-0.39, 0.29) is 0 Å². The molecule has 1 amide bonds. The van der Waals surface area contributed by atoms with Crippen LogP contribution in [-0.2, 0) is 0 Å². The zero-order valence-corrected chi connectivity index (χ0v) is 7.37. The Balaban J connectivity index is 2.64. The van der Waals surface area contributed by atoms with Crippen molar-refractivity contribution in [1.29, 1.82) is 0 Å². The predicted molar refractivity (Wildman–Crippen MR) is 49.4 cm³/mol. The number of fused-ring (bicyclic) bond motifs is 1. The third-order valence-corrected chi connectivity index (χ3v) is 2.69. The molecular weight excluding hydrogens is 172 g/mol. The van der Waals surface area contributed by atoms with Crippen molar-refractivity contribution < 1.29 is 4.79 Å². The van der Waals surface area contributed by atoms with Gasteiger partial charge in [-0.05, 0) is 19.1 Å². The minimum atomic E-state index is -0.406. The molecule has 0 atom stereocenters. The zero-order chi connectivity index (χ0) is 8.72. The summed E-state index contributed by atoms with van der Waals surface area (Å²) in [5, 5.41) is 0. The number of nitrogens with one attached hydrogen (secondary N) is 1. The molecule has 2 aromatic heterocycles. The lowest BCUT2D eigenvalue weighted by Gasteiger charge is -1.84. The summed E-state index contributed by atoms with van der Waals surface area (Å²) in [4.78, 5) is 14.9. The van der Waals surface area contributed by atoms with Crippen LogP contribution in [0.5, 0.6) is 0 Å². The number of hydrogen-bond acceptors (Lipinski definition) is 2. The number of hydrogen-bond donors (Lipinski definition) is 2. The quantitative estimate of drug-likeness (QED) is 0.688. The van der Waals surface area contributed by atoms with Crippen LogP contribution >= 0.6 is 11.3 Å². The number of amides is 1. The normalized spacial score (nSPS) is 10.8. The summed E-state index contributed by atoms with van der Waals surface area (Å²) in [6.07, 6.45) is 0. The minimum Gasteiger partial charge on any atom is -0.364 e. The van der Waals surface area contributed by atoms with E-state index in [1.165, 1.54) is 4.88 Å². The van der Waals surface area contributed by atoms with Crippen LogP contribution in [0.25, 0.3) is 10.2 Å². The van der Waals surface area contributed by atoms with Crippen LogP contribution in [0.1, 0.15) is 15.4 Å². The molecule has 3 nitrogen and oxygen atoms in total. The van der Waals surface area contributed by atoms with Crippen LogP contribution in [0.2, 0.25) is 0 Å². The first-order chi connectivity index (χ1) is 5.66. The molecule has 4 heteroatoms. The first kappa shape index (κ1) is 7.36. The number of carbonyl (C=O) groups is 1. The number of aromatic amines is 1. The fraction of sp³-hybridized carbons (Fsp3) is 0.125. The lowest BCUT2D eigenvalue weighted by atomic mass is 10.4. The molecule has 2 rings (SSSR count). The molecule has 0 radical (unpaired) electrons. The van der Waals surface area contributed by atoms with Gasteiger partial charge in [-0.1, -0.05) is 0 Å². The minimum absolute atomic E-state index is 0.406. The molecule has 12 heavy (non-hydrogen) atoms. The van der Waals surface area contributed by atoms with Crippen molar-refractivity contribution in [2.75, 3.05) is 0 Å². The van der Waals surface area contributed by atoms with Crippen LogP contribution in [-0.4, -0.2) is 10.9 Å². The monoisotopic (exact) mass is 180 g/mol. The van der Waals surface area contributed by atoms with Crippen molar-refractivity contribution in [2.45, 2.75) is 6.92 Å². The van der Waals surface area contributed by atoms with E-state index in [2.05, 4.69) is 4.98 Å². The molecule has 0 aromatic carbocycles. The molecular formula is C8H8N2OS. The lowest BCUT2D eigenvalue weighted by Crippen LogP contribution is -2.10. The summed E-state index contributed by atoms with van der Waals surface area (Å²) >= 11 is 1.65. The first-order valence-corrected chi connectivity index (χ1v) is 4.37. The molecule has 0 aliphatic heterocycles. The van der Waals surface area contributed by atoms with Gasteiger partial charge < -0.3 is 10.7 Å². The third kappa shape index (κ3) is 1.00. The Morgan fingerprint density at radius 3 is 2.92 bits per heavy atom. The van der Waals surface area contributed by atoms with Crippen LogP contribution < -0.4 is 5.73 Å². The molecule has 62 valence electrons. The van der Waals surface area contributed by atoms with E-state index in [0.717, 1.165) is 10.2 Å². The summed E-state index contributed by atoms with van der Waals surface area (Å²) in [5.74, 6) is -0.406. The molecule has 0 unspecified atom stereocenters. The van der Waals surface area contributed by atoms with Crippen LogP contribution in [0.15, 0.2) is 12.1 Å². The molecule has 0 spiro atoms. The van der Waals surface area contributed by atoms with Gasteiger partial charge in [-0.25, -0.2) is 0 Å². The van der Waals surface area contributed by atoms with Crippen LogP contribution in [0, 0.1) is 6.92 Å². The third-order valence-electron chi connectivity index (χ3n) is 1.69. The van der Waals surface area contributed by atoms with Gasteiger partial charge in [0.1, 0.15) is 5.69 Å². The number of carbonyl (C=O) groups excluding carboxylic acids is 1. The molecule has 3 N–H and O–H groups in total. The maximum absolute atomic E-state index is 10.7. The Bertz CT molecular complexity index is 409. The number of thiophene rings is 1. The van der Waals surface area contributed by atoms with Gasteiger partial charge in [-0.15, -0.1) is 11.3 Å². The number of H-pyrrole nitrogens is 1. The maximum Gasteiger partial charge on any atom is 0.265 e. The molecule has 2 aromatic rings. The topological polar surface area (TPSA) is 58.9 Å². The molecule has 0 saturated heterocycles. The van der Waals surface area contributed by atoms with Crippen LogP contribution in [0.4, 0.5) is 0 Å². The Labute approximate surface area is 73.2 Å². The van der Waals surface area contributed by atoms with Gasteiger partial charge in [0.2, 0.25) is 0 Å². The molecule has 0 fully saturated rings. The second kappa shape index (κ2) is 2.35. The van der Waals surface area contributed by atoms with Crippen molar-refractivity contribution in [3.8, 4) is 0 Å². The van der Waals surface area contributed by atoms with Gasteiger partial charge in [0.05, 0.1) is 10.2 Å². The van der Waals surface area contributed by atoms with Crippen molar-refractivity contribution in [1.82, 2.24) is 4.98 Å². The highest BCUT2D eigenvalue weighted by Gasteiger charge is 2.06. The Morgan fingerprint density at radius 1 is 1.58 bits per heavy atom. The highest BCUT2D eigenvalue weighted by molar-refractivity contribution is 7.19. The summed E-state index contributed by atoms with van der Waals surface area (Å²) < 4.78 is 1.08. The second-order valence-electron chi connectivity index (χ2n) is 2.68. The van der Waals surface area contributed by atoms with E-state index in [4.69, 9.17) is 5.73 Å². The average molecular weight is 180 g/mol. The van der Waals surface area contributed by atoms with Crippen molar-refractivity contribution in [3.63, 3.8) is 0 Å². The van der Waals surface area contributed by atoms with Gasteiger partial charge in [0.15, 0.2) is 0 Å². The highest BCUT2D eigenvalue weighted by Crippen LogP contribution is 2.25. The second-order valence-corrected chi connectivity index (χ2v) is 3.97. The van der Waals surface area contributed by atoms with Gasteiger partial charge >= 0.3 is 0 Å². The SMILES string of the molecule is Cc1cc2[nH]c(C(N)=O)cc2s1. The lowest BCUT2D eigenvalue weighted by molar-refractivity contribution is 0.0996. The number of rotatable bonds is 1. The fourth-order valence-corrected chi connectivity index (χ4v) is 2.10. The van der Waals surface area contributed by atoms with Crippen molar-refractivity contribution in [2.24, 2.45) is 5.73 Å². The molecule has 0 saturated carbocycles. The standard InChI is InChI=1S/C8H8N2OS/c1-4-2-5-7(12-4)3-6(10-5)8(9)11/h2-3,10H,1H3,(H2,9,11). The van der Waals surface area contributed by atoms with E-state index in [1.807, 2.05) is 13.0 Å². The van der Waals surface area contributed by atoms with Crippen LogP contribution in [0.3, 0.4) is 0 Å². The van der Waals surface area contributed by atoms with Crippen molar-refractivity contribution >= 4 is 27.5 Å². The van der Waals surface area contributed by atoms with E-state index in [0.29, 0.717) is 5.69 Å². The summed E-state index contributed by atoms with van der Waals surface area (Å²) in [5.41, 5.74) is 6.58.